The molecule has 0 aliphatic carbocycles. The molecule has 2 aromatic rings. The molecule has 1 fully saturated rings. The standard InChI is InChI=1S/C16H19NO3/c1-11-4-5-14-12(8-16(19)20-15(14)7-11)9-17-6-2-3-13(18)10-17/h4-5,7-8,13,18H,2-3,6,9-10H2,1H3/t13-/m0/s1. The van der Waals surface area contributed by atoms with E-state index in [1.165, 1.54) is 0 Å². The highest BCUT2D eigenvalue weighted by molar-refractivity contribution is 5.80. The summed E-state index contributed by atoms with van der Waals surface area (Å²) in [7, 11) is 0. The van der Waals surface area contributed by atoms with Gasteiger partial charge in [-0.15, -0.1) is 0 Å². The van der Waals surface area contributed by atoms with Gasteiger partial charge in [0.15, 0.2) is 0 Å². The first kappa shape index (κ1) is 13.3. The van der Waals surface area contributed by atoms with Crippen LogP contribution in [-0.4, -0.2) is 29.2 Å². The molecule has 1 atom stereocenters. The smallest absolute Gasteiger partial charge is 0.336 e. The number of aliphatic hydroxyl groups excluding tert-OH is 1. The Kier molecular flexibility index (Phi) is 3.59. The molecule has 0 saturated carbocycles. The second kappa shape index (κ2) is 5.38. The second-order valence-corrected chi connectivity index (χ2v) is 5.62. The molecule has 0 radical (unpaired) electrons. The summed E-state index contributed by atoms with van der Waals surface area (Å²) in [6, 6.07) is 7.49. The van der Waals surface area contributed by atoms with E-state index in [0.717, 1.165) is 35.9 Å². The monoisotopic (exact) mass is 273 g/mol. The zero-order valence-corrected chi connectivity index (χ0v) is 11.6. The van der Waals surface area contributed by atoms with Crippen molar-refractivity contribution in [3.8, 4) is 0 Å². The topological polar surface area (TPSA) is 53.7 Å². The Labute approximate surface area is 117 Å². The maximum atomic E-state index is 11.7. The van der Waals surface area contributed by atoms with E-state index in [2.05, 4.69) is 4.90 Å². The Hall–Kier alpha value is -1.65. The van der Waals surface area contributed by atoms with E-state index < -0.39 is 0 Å². The lowest BCUT2D eigenvalue weighted by Gasteiger charge is -2.30. The van der Waals surface area contributed by atoms with E-state index in [0.29, 0.717) is 18.7 Å². The molecule has 0 unspecified atom stereocenters. The molecule has 1 saturated heterocycles. The predicted molar refractivity (Wildman–Crippen MR) is 77.7 cm³/mol. The van der Waals surface area contributed by atoms with Crippen LogP contribution in [0.3, 0.4) is 0 Å². The number of nitrogens with zero attached hydrogens (tertiary/aromatic N) is 1. The van der Waals surface area contributed by atoms with E-state index >= 15 is 0 Å². The molecular formula is C16H19NO3. The molecule has 0 spiro atoms. The normalized spacial score (nSPS) is 20.4. The highest BCUT2D eigenvalue weighted by atomic mass is 16.4. The summed E-state index contributed by atoms with van der Waals surface area (Å²) >= 11 is 0. The van der Waals surface area contributed by atoms with Crippen LogP contribution in [0.4, 0.5) is 0 Å². The largest absolute Gasteiger partial charge is 0.423 e. The van der Waals surface area contributed by atoms with Gasteiger partial charge in [-0.2, -0.15) is 0 Å². The molecule has 0 bridgehead atoms. The number of aryl methyl sites for hydroxylation is 1. The highest BCUT2D eigenvalue weighted by Crippen LogP contribution is 2.21. The van der Waals surface area contributed by atoms with Crippen molar-refractivity contribution >= 4 is 11.0 Å². The quantitative estimate of drug-likeness (QED) is 0.851. The molecule has 1 aliphatic heterocycles. The SMILES string of the molecule is Cc1ccc2c(CN3CCC[C@H](O)C3)cc(=O)oc2c1. The lowest BCUT2D eigenvalue weighted by molar-refractivity contribution is 0.0670. The van der Waals surface area contributed by atoms with Crippen LogP contribution in [0.25, 0.3) is 11.0 Å². The van der Waals surface area contributed by atoms with Gasteiger partial charge in [-0.05, 0) is 43.5 Å². The van der Waals surface area contributed by atoms with Crippen LogP contribution in [0.15, 0.2) is 33.5 Å². The molecular weight excluding hydrogens is 254 g/mol. The Morgan fingerprint density at radius 2 is 2.25 bits per heavy atom. The van der Waals surface area contributed by atoms with Gasteiger partial charge in [-0.25, -0.2) is 4.79 Å². The van der Waals surface area contributed by atoms with E-state index in [9.17, 15) is 9.90 Å². The molecule has 1 aliphatic rings. The van der Waals surface area contributed by atoms with Crippen LogP contribution in [0.2, 0.25) is 0 Å². The number of likely N-dealkylation sites (tertiary alicyclic amines) is 1. The van der Waals surface area contributed by atoms with Gasteiger partial charge in [0.1, 0.15) is 5.58 Å². The first-order valence-electron chi connectivity index (χ1n) is 7.05. The third-order valence-corrected chi connectivity index (χ3v) is 3.86. The van der Waals surface area contributed by atoms with Crippen molar-refractivity contribution in [3.63, 3.8) is 0 Å². The maximum absolute atomic E-state index is 11.7. The summed E-state index contributed by atoms with van der Waals surface area (Å²) in [4.78, 5) is 13.9. The molecule has 0 amide bonds. The van der Waals surface area contributed by atoms with Gasteiger partial charge in [0, 0.05) is 24.5 Å². The van der Waals surface area contributed by atoms with Gasteiger partial charge < -0.3 is 9.52 Å². The zero-order chi connectivity index (χ0) is 14.1. The van der Waals surface area contributed by atoms with Crippen LogP contribution in [0.5, 0.6) is 0 Å². The molecule has 1 N–H and O–H groups in total. The number of aliphatic hydroxyl groups is 1. The summed E-state index contributed by atoms with van der Waals surface area (Å²) in [5, 5.41) is 10.7. The first-order valence-corrected chi connectivity index (χ1v) is 7.05. The number of hydrogen-bond donors (Lipinski definition) is 1. The number of benzene rings is 1. The van der Waals surface area contributed by atoms with Crippen LogP contribution >= 0.6 is 0 Å². The molecule has 106 valence electrons. The van der Waals surface area contributed by atoms with Gasteiger partial charge in [-0.1, -0.05) is 12.1 Å². The summed E-state index contributed by atoms with van der Waals surface area (Å²) in [6.07, 6.45) is 1.62. The van der Waals surface area contributed by atoms with Crippen molar-refractivity contribution in [2.45, 2.75) is 32.4 Å². The van der Waals surface area contributed by atoms with Crippen LogP contribution in [0.1, 0.15) is 24.0 Å². The van der Waals surface area contributed by atoms with Crippen LogP contribution < -0.4 is 5.63 Å². The molecule has 20 heavy (non-hydrogen) atoms. The number of hydrogen-bond acceptors (Lipinski definition) is 4. The zero-order valence-electron chi connectivity index (χ0n) is 11.6. The lowest BCUT2D eigenvalue weighted by atomic mass is 10.0. The van der Waals surface area contributed by atoms with Crippen LogP contribution in [-0.2, 0) is 6.54 Å². The lowest BCUT2D eigenvalue weighted by Crippen LogP contribution is -2.37. The number of fused-ring (bicyclic) bond motifs is 1. The Morgan fingerprint density at radius 1 is 1.40 bits per heavy atom. The minimum atomic E-state index is -0.310. The molecule has 4 nitrogen and oxygen atoms in total. The summed E-state index contributed by atoms with van der Waals surface area (Å²) in [5.41, 5.74) is 2.39. The molecule has 1 aromatic heterocycles. The van der Waals surface area contributed by atoms with E-state index in [1.54, 1.807) is 6.07 Å². The summed E-state index contributed by atoms with van der Waals surface area (Å²) in [5.74, 6) is 0. The molecule has 1 aromatic carbocycles. The Bertz CT molecular complexity index is 677. The summed E-state index contributed by atoms with van der Waals surface area (Å²) < 4.78 is 5.27. The van der Waals surface area contributed by atoms with Crippen molar-refractivity contribution in [2.75, 3.05) is 13.1 Å². The van der Waals surface area contributed by atoms with Crippen LogP contribution in [0, 0.1) is 6.92 Å². The highest BCUT2D eigenvalue weighted by Gasteiger charge is 2.18. The van der Waals surface area contributed by atoms with E-state index in [4.69, 9.17) is 4.42 Å². The molecule has 4 heteroatoms. The second-order valence-electron chi connectivity index (χ2n) is 5.62. The Balaban J connectivity index is 1.96. The minimum Gasteiger partial charge on any atom is -0.423 e. The number of piperidine rings is 1. The Morgan fingerprint density at radius 3 is 3.05 bits per heavy atom. The van der Waals surface area contributed by atoms with Gasteiger partial charge in [0.2, 0.25) is 0 Å². The number of rotatable bonds is 2. The average molecular weight is 273 g/mol. The van der Waals surface area contributed by atoms with Crippen molar-refractivity contribution in [2.24, 2.45) is 0 Å². The minimum absolute atomic E-state index is 0.252. The third-order valence-electron chi connectivity index (χ3n) is 3.86. The van der Waals surface area contributed by atoms with Crippen molar-refractivity contribution in [1.82, 2.24) is 4.90 Å². The predicted octanol–water partition coefficient (Wildman–Crippen LogP) is 2.06. The van der Waals surface area contributed by atoms with Crippen molar-refractivity contribution in [1.29, 1.82) is 0 Å². The first-order chi connectivity index (χ1) is 9.61. The van der Waals surface area contributed by atoms with Gasteiger partial charge in [-0.3, -0.25) is 4.90 Å². The van der Waals surface area contributed by atoms with Gasteiger partial charge in [0.05, 0.1) is 6.10 Å². The maximum Gasteiger partial charge on any atom is 0.336 e. The van der Waals surface area contributed by atoms with Gasteiger partial charge in [0.25, 0.3) is 0 Å². The molecule has 2 heterocycles. The van der Waals surface area contributed by atoms with Crippen molar-refractivity contribution < 1.29 is 9.52 Å². The van der Waals surface area contributed by atoms with E-state index in [-0.39, 0.29) is 11.7 Å². The summed E-state index contributed by atoms with van der Waals surface area (Å²) in [6.45, 7) is 4.30. The number of β-amino-alcohol motifs (C(OH)–C–C–N with tert-alkyl or cyclic N) is 1. The third kappa shape index (κ3) is 2.76. The molecule has 3 rings (SSSR count). The van der Waals surface area contributed by atoms with Crippen molar-refractivity contribution in [3.05, 3.63) is 45.8 Å². The fourth-order valence-corrected chi connectivity index (χ4v) is 2.88. The fraction of sp³-hybridized carbons (Fsp3) is 0.438. The van der Waals surface area contributed by atoms with E-state index in [1.807, 2.05) is 25.1 Å². The fourth-order valence-electron chi connectivity index (χ4n) is 2.88. The van der Waals surface area contributed by atoms with Gasteiger partial charge >= 0.3 is 5.63 Å². The average Bonchev–Trinajstić information content (AvgIpc) is 2.37.